The van der Waals surface area contributed by atoms with E-state index in [1.807, 2.05) is 4.68 Å². The Kier molecular flexibility index (Phi) is 5.64. The lowest BCUT2D eigenvalue weighted by Crippen LogP contribution is -2.48. The highest BCUT2D eigenvalue weighted by Gasteiger charge is 2.57. The van der Waals surface area contributed by atoms with Crippen molar-refractivity contribution in [3.63, 3.8) is 0 Å². The number of rotatable bonds is 6. The molecule has 0 amide bonds. The van der Waals surface area contributed by atoms with Gasteiger partial charge in [0, 0.05) is 5.92 Å². The molecule has 3 fully saturated rings. The van der Waals surface area contributed by atoms with Crippen LogP contribution in [0.25, 0.3) is 11.0 Å². The second-order valence-corrected chi connectivity index (χ2v) is 10.9. The first-order valence-corrected chi connectivity index (χ1v) is 12.7. The monoisotopic (exact) mass is 422 g/mol. The van der Waals surface area contributed by atoms with E-state index in [1.165, 1.54) is 57.7 Å². The Bertz CT molecular complexity index is 938. The third kappa shape index (κ3) is 3.43. The molecule has 5 nitrogen and oxygen atoms in total. The summed E-state index contributed by atoms with van der Waals surface area (Å²) in [7, 11) is 0. The Labute approximate surface area is 186 Å². The normalized spacial score (nSPS) is 37.5. The average molecular weight is 423 g/mol. The number of Topliss-reactive ketones (excluding diaryl/α,β-unsaturated/α-hetero) is 1. The van der Waals surface area contributed by atoms with Crippen LogP contribution >= 0.6 is 0 Å². The molecule has 3 aliphatic carbocycles. The molecule has 5 rings (SSSR count). The quantitative estimate of drug-likeness (QED) is 0.600. The van der Waals surface area contributed by atoms with Crippen molar-refractivity contribution in [2.45, 2.75) is 85.1 Å². The van der Waals surface area contributed by atoms with Gasteiger partial charge >= 0.3 is 0 Å². The Hall–Kier alpha value is -1.78. The van der Waals surface area contributed by atoms with Crippen molar-refractivity contribution < 1.29 is 4.79 Å². The van der Waals surface area contributed by atoms with Gasteiger partial charge in [-0.05, 0) is 73.5 Å². The van der Waals surface area contributed by atoms with Gasteiger partial charge in [0.15, 0.2) is 5.78 Å². The largest absolute Gasteiger partial charge is 0.297 e. The molecule has 3 aliphatic rings. The van der Waals surface area contributed by atoms with Crippen LogP contribution in [0.1, 0.15) is 78.6 Å². The summed E-state index contributed by atoms with van der Waals surface area (Å²) in [6.45, 7) is 7.56. The molecule has 168 valence electrons. The molecule has 2 aromatic rings. The van der Waals surface area contributed by atoms with Crippen LogP contribution in [0, 0.1) is 40.9 Å². The van der Waals surface area contributed by atoms with E-state index in [1.54, 1.807) is 12.4 Å². The van der Waals surface area contributed by atoms with Gasteiger partial charge in [0.25, 0.3) is 0 Å². The maximum atomic E-state index is 13.5. The summed E-state index contributed by atoms with van der Waals surface area (Å²) in [6, 6.07) is 0. The lowest BCUT2D eigenvalue weighted by Gasteiger charge is -2.54. The Balaban J connectivity index is 1.35. The molecule has 0 saturated heterocycles. The van der Waals surface area contributed by atoms with Gasteiger partial charge < -0.3 is 0 Å². The average Bonchev–Trinajstić information content (AvgIpc) is 3.35. The number of hydrogen-bond acceptors (Lipinski definition) is 4. The molecule has 31 heavy (non-hydrogen) atoms. The van der Waals surface area contributed by atoms with E-state index in [4.69, 9.17) is 0 Å². The van der Waals surface area contributed by atoms with Gasteiger partial charge in [-0.15, -0.1) is 0 Å². The Morgan fingerprint density at radius 1 is 1.13 bits per heavy atom. The van der Waals surface area contributed by atoms with Crippen LogP contribution in [0.4, 0.5) is 0 Å². The SMILES string of the molecule is CCCC1C(CC)CCC2C1CCC1(C)C(C(=O)Cn3ncc4ncncc43)CCC21. The highest BCUT2D eigenvalue weighted by Crippen LogP contribution is 2.63. The molecule has 7 unspecified atom stereocenters. The third-order valence-electron chi connectivity index (χ3n) is 9.68. The zero-order valence-electron chi connectivity index (χ0n) is 19.5. The van der Waals surface area contributed by atoms with Crippen molar-refractivity contribution in [2.75, 3.05) is 0 Å². The number of aromatic nitrogens is 4. The fraction of sp³-hybridized carbons (Fsp3) is 0.769. The summed E-state index contributed by atoms with van der Waals surface area (Å²) in [6.07, 6.45) is 16.8. The highest BCUT2D eigenvalue weighted by atomic mass is 16.1. The second kappa shape index (κ2) is 8.29. The number of nitrogens with zero attached hydrogens (tertiary/aromatic N) is 4. The second-order valence-electron chi connectivity index (χ2n) is 10.9. The first kappa shape index (κ1) is 21.1. The van der Waals surface area contributed by atoms with Crippen molar-refractivity contribution in [3.8, 4) is 0 Å². The molecule has 0 radical (unpaired) electrons. The van der Waals surface area contributed by atoms with E-state index in [-0.39, 0.29) is 11.3 Å². The molecule has 2 aromatic heterocycles. The molecule has 2 heterocycles. The first-order valence-electron chi connectivity index (χ1n) is 12.7. The summed E-state index contributed by atoms with van der Waals surface area (Å²) in [5, 5.41) is 4.44. The summed E-state index contributed by atoms with van der Waals surface area (Å²) in [4.78, 5) is 21.9. The molecule has 3 saturated carbocycles. The minimum absolute atomic E-state index is 0.174. The fourth-order valence-corrected chi connectivity index (χ4v) is 8.25. The molecule has 0 N–H and O–H groups in total. The topological polar surface area (TPSA) is 60.7 Å². The van der Waals surface area contributed by atoms with Gasteiger partial charge in [-0.3, -0.25) is 9.48 Å². The maximum Gasteiger partial charge on any atom is 0.157 e. The number of ketones is 1. The molecule has 0 aromatic carbocycles. The van der Waals surface area contributed by atoms with Crippen LogP contribution < -0.4 is 0 Å². The maximum absolute atomic E-state index is 13.5. The number of fused-ring (bicyclic) bond motifs is 4. The van der Waals surface area contributed by atoms with Crippen molar-refractivity contribution in [3.05, 3.63) is 18.7 Å². The highest BCUT2D eigenvalue weighted by molar-refractivity contribution is 5.84. The summed E-state index contributed by atoms with van der Waals surface area (Å²) >= 11 is 0. The predicted octanol–water partition coefficient (Wildman–Crippen LogP) is 5.69. The molecular formula is C26H38N4O. The third-order valence-corrected chi connectivity index (χ3v) is 9.68. The molecular weight excluding hydrogens is 384 g/mol. The number of carbonyl (C=O) groups is 1. The minimum Gasteiger partial charge on any atom is -0.297 e. The van der Waals surface area contributed by atoms with Crippen LogP contribution in [-0.2, 0) is 11.3 Å². The van der Waals surface area contributed by atoms with Gasteiger partial charge in [0.05, 0.1) is 12.4 Å². The molecule has 5 heteroatoms. The number of carbonyl (C=O) groups excluding carboxylic acids is 1. The summed E-state index contributed by atoms with van der Waals surface area (Å²) in [5.74, 6) is 4.87. The minimum atomic E-state index is 0.174. The first-order chi connectivity index (χ1) is 15.1. The van der Waals surface area contributed by atoms with E-state index in [0.717, 1.165) is 47.0 Å². The van der Waals surface area contributed by atoms with E-state index in [9.17, 15) is 4.79 Å². The zero-order valence-corrected chi connectivity index (χ0v) is 19.5. The molecule has 0 spiro atoms. The van der Waals surface area contributed by atoms with Crippen LogP contribution in [-0.4, -0.2) is 25.5 Å². The van der Waals surface area contributed by atoms with E-state index >= 15 is 0 Å². The van der Waals surface area contributed by atoms with Crippen LogP contribution in [0.3, 0.4) is 0 Å². The smallest absolute Gasteiger partial charge is 0.157 e. The van der Waals surface area contributed by atoms with Gasteiger partial charge in [0.1, 0.15) is 23.9 Å². The van der Waals surface area contributed by atoms with Crippen LogP contribution in [0.15, 0.2) is 18.7 Å². The van der Waals surface area contributed by atoms with E-state index in [2.05, 4.69) is 35.8 Å². The summed E-state index contributed by atoms with van der Waals surface area (Å²) in [5.41, 5.74) is 1.85. The molecule has 7 atom stereocenters. The zero-order chi connectivity index (χ0) is 21.6. The van der Waals surface area contributed by atoms with Gasteiger partial charge in [0.2, 0.25) is 0 Å². The Morgan fingerprint density at radius 2 is 2.00 bits per heavy atom. The predicted molar refractivity (Wildman–Crippen MR) is 122 cm³/mol. The fourth-order valence-electron chi connectivity index (χ4n) is 8.25. The van der Waals surface area contributed by atoms with Crippen LogP contribution in [0.2, 0.25) is 0 Å². The van der Waals surface area contributed by atoms with Crippen molar-refractivity contribution >= 4 is 16.8 Å². The number of hydrogen-bond donors (Lipinski definition) is 0. The van der Waals surface area contributed by atoms with Crippen LogP contribution in [0.5, 0.6) is 0 Å². The molecule has 0 bridgehead atoms. The van der Waals surface area contributed by atoms with Crippen molar-refractivity contribution in [2.24, 2.45) is 40.9 Å². The van der Waals surface area contributed by atoms with Gasteiger partial charge in [-0.1, -0.05) is 40.0 Å². The van der Waals surface area contributed by atoms with Crippen molar-refractivity contribution in [1.82, 2.24) is 19.7 Å². The lowest BCUT2D eigenvalue weighted by atomic mass is 9.50. The van der Waals surface area contributed by atoms with Crippen molar-refractivity contribution in [1.29, 1.82) is 0 Å². The van der Waals surface area contributed by atoms with Gasteiger partial charge in [-0.2, -0.15) is 5.10 Å². The standard InChI is InChI=1S/C26H38N4O/c1-4-6-18-17(5-2)7-8-20-19(18)11-12-26(3)21(20)9-10-22(26)25(31)15-30-24-14-27-16-28-23(24)13-29-30/h13-14,16-22H,4-12,15H2,1-3H3. The van der Waals surface area contributed by atoms with Gasteiger partial charge in [-0.25, -0.2) is 9.97 Å². The van der Waals surface area contributed by atoms with E-state index in [0.29, 0.717) is 12.3 Å². The van der Waals surface area contributed by atoms with E-state index < -0.39 is 0 Å². The lowest BCUT2D eigenvalue weighted by molar-refractivity contribution is -0.130. The summed E-state index contributed by atoms with van der Waals surface area (Å²) < 4.78 is 1.81. The molecule has 0 aliphatic heterocycles. The Morgan fingerprint density at radius 3 is 2.81 bits per heavy atom.